The molecule has 0 bridgehead atoms. The van der Waals surface area contributed by atoms with Gasteiger partial charge in [-0.05, 0) is 49.9 Å². The molecule has 2 atom stereocenters. The van der Waals surface area contributed by atoms with Crippen molar-refractivity contribution in [3.8, 4) is 5.75 Å². The number of esters is 2. The first-order valence-electron chi connectivity index (χ1n) is 11.4. The highest BCUT2D eigenvalue weighted by atomic mass is 16.6. The molecule has 6 heteroatoms. The van der Waals surface area contributed by atoms with Crippen LogP contribution in [0.3, 0.4) is 0 Å². The maximum atomic E-state index is 13.5. The SMILES string of the molecule is COc1ccc(COC(=O)C2(CC(=O)OC(C)(C)C)CN(Cc3ccccc3)CC2C)cc1. The summed E-state index contributed by atoms with van der Waals surface area (Å²) in [5, 5.41) is 0. The van der Waals surface area contributed by atoms with Crippen LogP contribution in [0, 0.1) is 11.3 Å². The highest BCUT2D eigenvalue weighted by molar-refractivity contribution is 5.84. The topological polar surface area (TPSA) is 65.1 Å². The van der Waals surface area contributed by atoms with E-state index in [0.717, 1.165) is 11.3 Å². The van der Waals surface area contributed by atoms with Crippen molar-refractivity contribution < 1.29 is 23.8 Å². The monoisotopic (exact) mass is 453 g/mol. The second-order valence-electron chi connectivity index (χ2n) is 9.90. The maximum Gasteiger partial charge on any atom is 0.314 e. The Kier molecular flexibility index (Phi) is 7.80. The Balaban J connectivity index is 1.76. The average Bonchev–Trinajstić information content (AvgIpc) is 3.07. The minimum Gasteiger partial charge on any atom is -0.497 e. The van der Waals surface area contributed by atoms with Gasteiger partial charge in [0.25, 0.3) is 0 Å². The summed E-state index contributed by atoms with van der Waals surface area (Å²) >= 11 is 0. The molecule has 0 N–H and O–H groups in total. The summed E-state index contributed by atoms with van der Waals surface area (Å²) in [6.45, 7) is 9.53. The number of ether oxygens (including phenoxy) is 3. The molecule has 2 aromatic rings. The molecule has 6 nitrogen and oxygen atoms in total. The quantitative estimate of drug-likeness (QED) is 0.544. The minimum atomic E-state index is -0.955. The van der Waals surface area contributed by atoms with Crippen LogP contribution in [0.1, 0.15) is 45.2 Å². The van der Waals surface area contributed by atoms with Crippen molar-refractivity contribution in [2.45, 2.75) is 52.9 Å². The third kappa shape index (κ3) is 6.57. The second-order valence-corrected chi connectivity index (χ2v) is 9.90. The van der Waals surface area contributed by atoms with E-state index >= 15 is 0 Å². The van der Waals surface area contributed by atoms with Crippen molar-refractivity contribution in [2.75, 3.05) is 20.2 Å². The van der Waals surface area contributed by atoms with Gasteiger partial charge in [0.2, 0.25) is 0 Å². The fourth-order valence-corrected chi connectivity index (χ4v) is 4.36. The average molecular weight is 454 g/mol. The van der Waals surface area contributed by atoms with Gasteiger partial charge >= 0.3 is 11.9 Å². The molecular formula is C27H35NO5. The molecule has 0 amide bonds. The first-order chi connectivity index (χ1) is 15.6. The zero-order valence-electron chi connectivity index (χ0n) is 20.3. The molecular weight excluding hydrogens is 418 g/mol. The molecule has 1 saturated heterocycles. The Morgan fingerprint density at radius 1 is 1.03 bits per heavy atom. The van der Waals surface area contributed by atoms with Crippen molar-refractivity contribution in [3.05, 3.63) is 65.7 Å². The first-order valence-corrected chi connectivity index (χ1v) is 11.4. The van der Waals surface area contributed by atoms with E-state index in [2.05, 4.69) is 17.0 Å². The summed E-state index contributed by atoms with van der Waals surface area (Å²) < 4.78 is 16.5. The summed E-state index contributed by atoms with van der Waals surface area (Å²) in [7, 11) is 1.61. The van der Waals surface area contributed by atoms with E-state index in [9.17, 15) is 9.59 Å². The molecule has 2 aromatic carbocycles. The van der Waals surface area contributed by atoms with E-state index < -0.39 is 11.0 Å². The van der Waals surface area contributed by atoms with Gasteiger partial charge in [-0.2, -0.15) is 0 Å². The zero-order valence-corrected chi connectivity index (χ0v) is 20.3. The van der Waals surface area contributed by atoms with E-state index in [1.54, 1.807) is 7.11 Å². The molecule has 2 unspecified atom stereocenters. The van der Waals surface area contributed by atoms with Crippen LogP contribution >= 0.6 is 0 Å². The van der Waals surface area contributed by atoms with E-state index in [0.29, 0.717) is 19.6 Å². The van der Waals surface area contributed by atoms with Gasteiger partial charge in [-0.1, -0.05) is 49.4 Å². The summed E-state index contributed by atoms with van der Waals surface area (Å²) in [5.41, 5.74) is 0.466. The summed E-state index contributed by atoms with van der Waals surface area (Å²) in [4.78, 5) is 28.5. The predicted molar refractivity (Wildman–Crippen MR) is 127 cm³/mol. The van der Waals surface area contributed by atoms with E-state index in [1.165, 1.54) is 5.56 Å². The van der Waals surface area contributed by atoms with Crippen LogP contribution in [0.2, 0.25) is 0 Å². The van der Waals surface area contributed by atoms with Gasteiger partial charge < -0.3 is 14.2 Å². The van der Waals surface area contributed by atoms with Crippen LogP contribution in [0.25, 0.3) is 0 Å². The lowest BCUT2D eigenvalue weighted by Crippen LogP contribution is -2.43. The molecule has 0 aromatic heterocycles. The first kappa shape index (κ1) is 24.8. The van der Waals surface area contributed by atoms with Crippen LogP contribution in [0.4, 0.5) is 0 Å². The molecule has 0 spiro atoms. The molecule has 178 valence electrons. The number of likely N-dealkylation sites (tertiary alicyclic amines) is 1. The van der Waals surface area contributed by atoms with Crippen molar-refractivity contribution in [1.82, 2.24) is 4.90 Å². The number of hydrogen-bond donors (Lipinski definition) is 0. The third-order valence-electron chi connectivity index (χ3n) is 6.05. The summed E-state index contributed by atoms with van der Waals surface area (Å²) in [6.07, 6.45) is -0.00181. The molecule has 1 heterocycles. The van der Waals surface area contributed by atoms with Crippen molar-refractivity contribution >= 4 is 11.9 Å². The van der Waals surface area contributed by atoms with E-state index in [1.807, 2.05) is 70.2 Å². The number of methoxy groups -OCH3 is 1. The van der Waals surface area contributed by atoms with Crippen LogP contribution in [-0.2, 0) is 32.2 Å². The lowest BCUT2D eigenvalue weighted by molar-refractivity contribution is -0.170. The molecule has 0 radical (unpaired) electrons. The Labute approximate surface area is 196 Å². The van der Waals surface area contributed by atoms with Crippen LogP contribution in [0.15, 0.2) is 54.6 Å². The molecule has 1 aliphatic heterocycles. The summed E-state index contributed by atoms with van der Waals surface area (Å²) in [5.74, 6) is -0.0471. The van der Waals surface area contributed by atoms with Crippen molar-refractivity contribution in [3.63, 3.8) is 0 Å². The van der Waals surface area contributed by atoms with Gasteiger partial charge in [0.1, 0.15) is 18.0 Å². The van der Waals surface area contributed by atoms with Gasteiger partial charge in [-0.25, -0.2) is 0 Å². The minimum absolute atomic E-state index is 0.00181. The molecule has 33 heavy (non-hydrogen) atoms. The maximum absolute atomic E-state index is 13.5. The van der Waals surface area contributed by atoms with Gasteiger partial charge in [-0.3, -0.25) is 14.5 Å². The number of hydrogen-bond acceptors (Lipinski definition) is 6. The largest absolute Gasteiger partial charge is 0.497 e. The smallest absolute Gasteiger partial charge is 0.314 e. The van der Waals surface area contributed by atoms with Crippen molar-refractivity contribution in [1.29, 1.82) is 0 Å². The van der Waals surface area contributed by atoms with Crippen molar-refractivity contribution in [2.24, 2.45) is 11.3 Å². The van der Waals surface area contributed by atoms with Crippen LogP contribution < -0.4 is 4.74 Å². The van der Waals surface area contributed by atoms with Gasteiger partial charge in [0, 0.05) is 19.6 Å². The van der Waals surface area contributed by atoms with Gasteiger partial charge in [0.15, 0.2) is 0 Å². The number of benzene rings is 2. The number of rotatable bonds is 8. The lowest BCUT2D eigenvalue weighted by atomic mass is 9.76. The molecule has 3 rings (SSSR count). The Hall–Kier alpha value is -2.86. The fraction of sp³-hybridized carbons (Fsp3) is 0.481. The molecule has 1 aliphatic rings. The number of carbonyl (C=O) groups is 2. The zero-order chi connectivity index (χ0) is 24.1. The van der Waals surface area contributed by atoms with Crippen LogP contribution in [0.5, 0.6) is 5.75 Å². The highest BCUT2D eigenvalue weighted by Crippen LogP contribution is 2.42. The van der Waals surface area contributed by atoms with Gasteiger partial charge in [-0.15, -0.1) is 0 Å². The fourth-order valence-electron chi connectivity index (χ4n) is 4.36. The normalized spacial score (nSPS) is 20.9. The Morgan fingerprint density at radius 3 is 2.30 bits per heavy atom. The Bertz CT molecular complexity index is 935. The molecule has 1 fully saturated rings. The standard InChI is InChI=1S/C27H35NO5/c1-20-16-28(17-21-9-7-6-8-10-21)19-27(20,15-24(29)33-26(2,3)4)25(30)32-18-22-11-13-23(31-5)14-12-22/h6-14,20H,15-19H2,1-5H3. The molecule has 0 saturated carbocycles. The lowest BCUT2D eigenvalue weighted by Gasteiger charge is -2.31. The molecule has 0 aliphatic carbocycles. The van der Waals surface area contributed by atoms with E-state index in [4.69, 9.17) is 14.2 Å². The Morgan fingerprint density at radius 2 is 1.70 bits per heavy atom. The van der Waals surface area contributed by atoms with E-state index in [-0.39, 0.29) is 30.9 Å². The highest BCUT2D eigenvalue weighted by Gasteiger charge is 2.53. The van der Waals surface area contributed by atoms with Gasteiger partial charge in [0.05, 0.1) is 18.9 Å². The third-order valence-corrected chi connectivity index (χ3v) is 6.05. The number of carbonyl (C=O) groups excluding carboxylic acids is 2. The summed E-state index contributed by atoms with van der Waals surface area (Å²) in [6, 6.07) is 17.5. The number of nitrogens with zero attached hydrogens (tertiary/aromatic N) is 1. The second kappa shape index (κ2) is 10.4. The predicted octanol–water partition coefficient (Wildman–Crippen LogP) is 4.61. The van der Waals surface area contributed by atoms with Crippen LogP contribution in [-0.4, -0.2) is 42.6 Å².